The molecule has 0 aromatic heterocycles. The Labute approximate surface area is 286 Å². The minimum atomic E-state index is -1.32. The molecule has 14 heteroatoms. The minimum Gasteiger partial charge on any atom is -0.480 e. The second-order valence-electron chi connectivity index (χ2n) is 12.4. The van der Waals surface area contributed by atoms with Crippen molar-refractivity contribution in [2.24, 2.45) is 11.5 Å². The van der Waals surface area contributed by atoms with E-state index in [4.69, 9.17) is 11.5 Å². The number of aliphatic carboxylic acids is 1. The van der Waals surface area contributed by atoms with E-state index < -0.39 is 65.6 Å². The first-order valence-electron chi connectivity index (χ1n) is 16.3. The number of carboxylic acid groups (broad SMARTS) is 1. The Kier molecular flexibility index (Phi) is 16.4. The summed E-state index contributed by atoms with van der Waals surface area (Å²) in [6.07, 6.45) is 3.07. The maximum Gasteiger partial charge on any atom is 0.326 e. The lowest BCUT2D eigenvalue weighted by molar-refractivity contribution is -0.142. The molecule has 0 saturated carbocycles. The van der Waals surface area contributed by atoms with Gasteiger partial charge in [0.05, 0.1) is 6.42 Å². The largest absolute Gasteiger partial charge is 0.480 e. The molecule has 0 unspecified atom stereocenters. The third-order valence-corrected chi connectivity index (χ3v) is 7.71. The predicted octanol–water partition coefficient (Wildman–Crippen LogP) is 0.997. The molecular weight excluding hydrogens is 632 g/mol. The quantitative estimate of drug-likeness (QED) is 0.0883. The van der Waals surface area contributed by atoms with Crippen molar-refractivity contribution in [3.63, 3.8) is 0 Å². The highest BCUT2D eigenvalue weighted by Gasteiger charge is 2.32. The van der Waals surface area contributed by atoms with Gasteiger partial charge in [-0.3, -0.25) is 28.8 Å². The summed E-state index contributed by atoms with van der Waals surface area (Å²) >= 11 is 0. The number of rotatable bonds is 22. The van der Waals surface area contributed by atoms with Crippen LogP contribution in [0.2, 0.25) is 0 Å². The van der Waals surface area contributed by atoms with E-state index in [2.05, 4.69) is 21.3 Å². The Morgan fingerprint density at radius 1 is 0.653 bits per heavy atom. The zero-order valence-corrected chi connectivity index (χ0v) is 28.0. The molecule has 2 rings (SSSR count). The van der Waals surface area contributed by atoms with Gasteiger partial charge in [-0.1, -0.05) is 79.9 Å². The van der Waals surface area contributed by atoms with Crippen molar-refractivity contribution in [2.75, 3.05) is 0 Å². The van der Waals surface area contributed by atoms with Crippen LogP contribution in [0.1, 0.15) is 76.3 Å². The lowest BCUT2D eigenvalue weighted by atomic mass is 10.0. The number of unbranched alkanes of at least 4 members (excludes halogenated alkanes) is 4. The Balaban J connectivity index is 1.71. The van der Waals surface area contributed by atoms with Gasteiger partial charge < -0.3 is 37.8 Å². The Hall–Kier alpha value is -5.27. The van der Waals surface area contributed by atoms with Crippen LogP contribution in [0.3, 0.4) is 0 Å². The highest BCUT2D eigenvalue weighted by atomic mass is 16.4. The van der Waals surface area contributed by atoms with Gasteiger partial charge in [0.25, 0.3) is 0 Å². The molecule has 0 saturated heterocycles. The van der Waals surface area contributed by atoms with Gasteiger partial charge in [0.15, 0.2) is 0 Å². The minimum absolute atomic E-state index is 0.0144. The molecule has 6 amide bonds. The summed E-state index contributed by atoms with van der Waals surface area (Å²) in [4.78, 5) is 86.0. The molecule has 9 N–H and O–H groups in total. The number of carbonyl (C=O) groups is 7. The average Bonchev–Trinajstić information content (AvgIpc) is 3.03. The molecule has 0 radical (unpaired) electrons. The number of carbonyl (C=O) groups excluding carboxylic acids is 6. The maximum atomic E-state index is 12.9. The number of nitrogens with two attached hydrogens (primary N) is 2. The van der Waals surface area contributed by atoms with Gasteiger partial charge in [-0.2, -0.15) is 0 Å². The number of hydrogen-bond acceptors (Lipinski definition) is 7. The Morgan fingerprint density at radius 3 is 1.63 bits per heavy atom. The highest BCUT2D eigenvalue weighted by Crippen LogP contribution is 2.11. The predicted molar refractivity (Wildman–Crippen MR) is 181 cm³/mol. The van der Waals surface area contributed by atoms with Crippen molar-refractivity contribution in [1.29, 1.82) is 0 Å². The molecule has 0 fully saturated rings. The van der Waals surface area contributed by atoms with E-state index in [1.54, 1.807) is 44.2 Å². The van der Waals surface area contributed by atoms with Crippen molar-refractivity contribution in [2.45, 2.75) is 102 Å². The standard InChI is InChI=1S/C35H48N6O8/c1-35(2,34(49)40-25(31(37)45)20-23-14-8-6-9-15-23)41-30(44)19-13-5-3-4-12-18-29(43)38-26(22-28(36)42)32(46)39-27(33(47)48)21-24-16-10-7-11-17-24/h6-11,14-17,25-27H,3-5,12-13,18-22H2,1-2H3,(H2,36,42)(H2,37,45)(H,38,43)(H,39,46)(H,40,49)(H,41,44)(H,47,48)/t25-,26-,27-/m0/s1. The van der Waals surface area contributed by atoms with Crippen LogP contribution in [0.4, 0.5) is 0 Å². The summed E-state index contributed by atoms with van der Waals surface area (Å²) in [6, 6.07) is 14.3. The molecule has 0 spiro atoms. The maximum absolute atomic E-state index is 12.9. The average molecular weight is 681 g/mol. The number of hydrogen-bond donors (Lipinski definition) is 7. The molecule has 49 heavy (non-hydrogen) atoms. The number of benzene rings is 2. The SMILES string of the molecule is CC(C)(NC(=O)CCCCCCCC(=O)N[C@@H](CC(N)=O)C(=O)N[C@@H](Cc1ccccc1)C(=O)O)C(=O)N[C@@H](Cc1ccccc1)C(N)=O. The van der Waals surface area contributed by atoms with Gasteiger partial charge in [-0.05, 0) is 37.8 Å². The fourth-order valence-electron chi connectivity index (χ4n) is 4.98. The van der Waals surface area contributed by atoms with E-state index in [0.29, 0.717) is 31.2 Å². The molecule has 0 heterocycles. The van der Waals surface area contributed by atoms with Gasteiger partial charge in [0.2, 0.25) is 35.4 Å². The molecule has 3 atom stereocenters. The molecule has 0 aliphatic heterocycles. The number of amides is 6. The van der Waals surface area contributed by atoms with Crippen LogP contribution in [0.15, 0.2) is 60.7 Å². The summed E-state index contributed by atoms with van der Waals surface area (Å²) in [5.41, 5.74) is 11.0. The summed E-state index contributed by atoms with van der Waals surface area (Å²) in [5.74, 6) is -4.96. The van der Waals surface area contributed by atoms with E-state index in [1.165, 1.54) is 0 Å². The lowest BCUT2D eigenvalue weighted by Gasteiger charge is -2.27. The monoisotopic (exact) mass is 680 g/mol. The van der Waals surface area contributed by atoms with Crippen molar-refractivity contribution in [3.05, 3.63) is 71.8 Å². The van der Waals surface area contributed by atoms with E-state index in [9.17, 15) is 38.7 Å². The van der Waals surface area contributed by atoms with Crippen molar-refractivity contribution in [1.82, 2.24) is 21.3 Å². The molecule has 14 nitrogen and oxygen atoms in total. The van der Waals surface area contributed by atoms with Crippen LogP contribution in [0.25, 0.3) is 0 Å². The molecular formula is C35H48N6O8. The van der Waals surface area contributed by atoms with E-state index in [0.717, 1.165) is 12.0 Å². The molecule has 0 aliphatic carbocycles. The Bertz CT molecular complexity index is 1430. The van der Waals surface area contributed by atoms with Gasteiger partial charge in [0, 0.05) is 25.7 Å². The molecule has 266 valence electrons. The molecule has 2 aromatic carbocycles. The summed E-state index contributed by atoms with van der Waals surface area (Å²) < 4.78 is 0. The van der Waals surface area contributed by atoms with Gasteiger partial charge in [-0.15, -0.1) is 0 Å². The van der Waals surface area contributed by atoms with Crippen LogP contribution in [-0.2, 0) is 46.4 Å². The lowest BCUT2D eigenvalue weighted by Crippen LogP contribution is -2.59. The van der Waals surface area contributed by atoms with E-state index in [1.807, 2.05) is 30.3 Å². The summed E-state index contributed by atoms with van der Waals surface area (Å²) in [6.45, 7) is 3.08. The highest BCUT2D eigenvalue weighted by molar-refractivity contribution is 5.94. The van der Waals surface area contributed by atoms with Crippen LogP contribution in [0.5, 0.6) is 0 Å². The van der Waals surface area contributed by atoms with Gasteiger partial charge in [0.1, 0.15) is 23.7 Å². The second-order valence-corrected chi connectivity index (χ2v) is 12.4. The zero-order valence-electron chi connectivity index (χ0n) is 28.0. The molecule has 0 bridgehead atoms. The smallest absolute Gasteiger partial charge is 0.326 e. The third-order valence-electron chi connectivity index (χ3n) is 7.71. The van der Waals surface area contributed by atoms with Crippen molar-refractivity contribution < 1.29 is 38.7 Å². The Morgan fingerprint density at radius 2 is 1.14 bits per heavy atom. The normalized spacial score (nSPS) is 12.9. The fraction of sp³-hybridized carbons (Fsp3) is 0.457. The summed E-state index contributed by atoms with van der Waals surface area (Å²) in [5, 5.41) is 19.8. The molecule has 0 aliphatic rings. The van der Waals surface area contributed by atoms with Crippen LogP contribution in [-0.4, -0.2) is 70.2 Å². The van der Waals surface area contributed by atoms with Crippen LogP contribution in [0, 0.1) is 0 Å². The van der Waals surface area contributed by atoms with E-state index >= 15 is 0 Å². The number of carboxylic acids is 1. The first kappa shape index (κ1) is 39.9. The first-order valence-corrected chi connectivity index (χ1v) is 16.3. The van der Waals surface area contributed by atoms with Crippen LogP contribution < -0.4 is 32.7 Å². The zero-order chi connectivity index (χ0) is 36.4. The number of nitrogens with one attached hydrogen (secondary N) is 4. The number of primary amides is 2. The van der Waals surface area contributed by atoms with Crippen molar-refractivity contribution >= 4 is 41.4 Å². The van der Waals surface area contributed by atoms with Gasteiger partial charge >= 0.3 is 5.97 Å². The molecule has 2 aromatic rings. The summed E-state index contributed by atoms with van der Waals surface area (Å²) in [7, 11) is 0. The van der Waals surface area contributed by atoms with Crippen LogP contribution >= 0.6 is 0 Å². The van der Waals surface area contributed by atoms with E-state index in [-0.39, 0.29) is 31.6 Å². The second kappa shape index (κ2) is 20.2. The first-order chi connectivity index (χ1) is 23.2. The van der Waals surface area contributed by atoms with Gasteiger partial charge in [-0.25, -0.2) is 4.79 Å². The third kappa shape index (κ3) is 15.5. The van der Waals surface area contributed by atoms with Crippen molar-refractivity contribution in [3.8, 4) is 0 Å². The fourth-order valence-corrected chi connectivity index (χ4v) is 4.98. The topological polar surface area (TPSA) is 240 Å².